The number of ether oxygens (including phenoxy) is 1. The van der Waals surface area contributed by atoms with Crippen LogP contribution in [0.15, 0.2) is 24.3 Å². The summed E-state index contributed by atoms with van der Waals surface area (Å²) in [6.45, 7) is 4.09. The second kappa shape index (κ2) is 5.51. The molecular weight excluding hydrogens is 206 g/mol. The third kappa shape index (κ3) is 3.24. The van der Waals surface area contributed by atoms with Crippen molar-refractivity contribution in [3.8, 4) is 5.75 Å². The average Bonchev–Trinajstić information content (AvgIpc) is 2.25. The van der Waals surface area contributed by atoms with Gasteiger partial charge in [-0.2, -0.15) is 0 Å². The molecule has 0 aromatic heterocycles. The van der Waals surface area contributed by atoms with E-state index in [1.165, 1.54) is 0 Å². The highest BCUT2D eigenvalue weighted by atomic mass is 16.5. The lowest BCUT2D eigenvalue weighted by Gasteiger charge is -2.18. The van der Waals surface area contributed by atoms with E-state index in [9.17, 15) is 4.79 Å². The van der Waals surface area contributed by atoms with Gasteiger partial charge in [-0.3, -0.25) is 0 Å². The number of nitrogens with two attached hydrogens (primary N) is 1. The Labute approximate surface area is 95.0 Å². The van der Waals surface area contributed by atoms with Crippen molar-refractivity contribution < 1.29 is 14.6 Å². The molecule has 3 N–H and O–H groups in total. The zero-order valence-corrected chi connectivity index (χ0v) is 9.51. The van der Waals surface area contributed by atoms with E-state index >= 15 is 0 Å². The van der Waals surface area contributed by atoms with Crippen LogP contribution in [0.25, 0.3) is 0 Å². The SMILES string of the molecule is CC(C)C(Oc1ccc(CN)cc1)C(=O)O. The minimum Gasteiger partial charge on any atom is -0.478 e. The summed E-state index contributed by atoms with van der Waals surface area (Å²) in [7, 11) is 0. The minimum atomic E-state index is -0.946. The van der Waals surface area contributed by atoms with E-state index in [1.54, 1.807) is 12.1 Å². The number of hydrogen-bond donors (Lipinski definition) is 2. The van der Waals surface area contributed by atoms with Gasteiger partial charge in [0, 0.05) is 12.5 Å². The van der Waals surface area contributed by atoms with E-state index in [-0.39, 0.29) is 5.92 Å². The molecule has 1 atom stereocenters. The minimum absolute atomic E-state index is 0.0771. The fourth-order valence-corrected chi connectivity index (χ4v) is 1.32. The van der Waals surface area contributed by atoms with Gasteiger partial charge < -0.3 is 15.6 Å². The van der Waals surface area contributed by atoms with Gasteiger partial charge in [0.15, 0.2) is 6.10 Å². The monoisotopic (exact) mass is 223 g/mol. The maximum absolute atomic E-state index is 10.9. The second-order valence-electron chi connectivity index (χ2n) is 3.97. The maximum Gasteiger partial charge on any atom is 0.345 e. The Morgan fingerprint density at radius 1 is 1.38 bits per heavy atom. The smallest absolute Gasteiger partial charge is 0.345 e. The molecule has 0 aliphatic heterocycles. The highest BCUT2D eigenvalue weighted by Gasteiger charge is 2.23. The predicted octanol–water partition coefficient (Wildman–Crippen LogP) is 1.63. The molecule has 0 fully saturated rings. The zero-order valence-electron chi connectivity index (χ0n) is 9.51. The van der Waals surface area contributed by atoms with Gasteiger partial charge in [-0.1, -0.05) is 26.0 Å². The Bertz CT molecular complexity index is 346. The first-order chi connectivity index (χ1) is 7.54. The van der Waals surface area contributed by atoms with Gasteiger partial charge in [-0.05, 0) is 17.7 Å². The maximum atomic E-state index is 10.9. The number of aliphatic carboxylic acids is 1. The summed E-state index contributed by atoms with van der Waals surface area (Å²) in [6.07, 6.45) is -0.816. The summed E-state index contributed by atoms with van der Waals surface area (Å²) < 4.78 is 5.40. The second-order valence-corrected chi connectivity index (χ2v) is 3.97. The highest BCUT2D eigenvalue weighted by molar-refractivity contribution is 5.73. The van der Waals surface area contributed by atoms with Crippen molar-refractivity contribution in [3.05, 3.63) is 29.8 Å². The number of carbonyl (C=O) groups is 1. The van der Waals surface area contributed by atoms with E-state index in [0.717, 1.165) is 5.56 Å². The average molecular weight is 223 g/mol. The van der Waals surface area contributed by atoms with Crippen molar-refractivity contribution in [2.24, 2.45) is 11.7 Å². The van der Waals surface area contributed by atoms with Gasteiger partial charge in [0.05, 0.1) is 0 Å². The zero-order chi connectivity index (χ0) is 12.1. The molecule has 1 rings (SSSR count). The molecule has 1 aromatic rings. The summed E-state index contributed by atoms with van der Waals surface area (Å²) in [5.41, 5.74) is 6.45. The first-order valence-electron chi connectivity index (χ1n) is 5.23. The Balaban J connectivity index is 2.74. The topological polar surface area (TPSA) is 72.5 Å². The lowest BCUT2D eigenvalue weighted by Crippen LogP contribution is -2.32. The molecule has 0 saturated carbocycles. The van der Waals surface area contributed by atoms with E-state index < -0.39 is 12.1 Å². The van der Waals surface area contributed by atoms with Crippen LogP contribution in [0, 0.1) is 5.92 Å². The van der Waals surface area contributed by atoms with Gasteiger partial charge in [0.2, 0.25) is 0 Å². The third-order valence-corrected chi connectivity index (χ3v) is 2.27. The van der Waals surface area contributed by atoms with Gasteiger partial charge in [-0.25, -0.2) is 4.79 Å². The Kier molecular flexibility index (Phi) is 4.31. The van der Waals surface area contributed by atoms with Crippen LogP contribution < -0.4 is 10.5 Å². The number of carboxylic acids is 1. The lowest BCUT2D eigenvalue weighted by molar-refractivity contribution is -0.147. The number of hydrogen-bond acceptors (Lipinski definition) is 3. The molecule has 0 radical (unpaired) electrons. The number of benzene rings is 1. The predicted molar refractivity (Wildman–Crippen MR) is 61.2 cm³/mol. The fraction of sp³-hybridized carbons (Fsp3) is 0.417. The van der Waals surface area contributed by atoms with Crippen molar-refractivity contribution in [1.29, 1.82) is 0 Å². The summed E-state index contributed by atoms with van der Waals surface area (Å²) in [5, 5.41) is 8.96. The van der Waals surface area contributed by atoms with Crippen molar-refractivity contribution >= 4 is 5.97 Å². The first-order valence-corrected chi connectivity index (χ1v) is 5.23. The molecule has 0 heterocycles. The van der Waals surface area contributed by atoms with Crippen LogP contribution in [0.5, 0.6) is 5.75 Å². The van der Waals surface area contributed by atoms with E-state index in [2.05, 4.69) is 0 Å². The van der Waals surface area contributed by atoms with Crippen molar-refractivity contribution in [3.63, 3.8) is 0 Å². The number of rotatable bonds is 5. The van der Waals surface area contributed by atoms with Crippen molar-refractivity contribution in [2.75, 3.05) is 0 Å². The molecular formula is C12H17NO3. The van der Waals surface area contributed by atoms with E-state index in [4.69, 9.17) is 15.6 Å². The molecule has 0 bridgehead atoms. The quantitative estimate of drug-likeness (QED) is 0.795. The molecule has 0 spiro atoms. The van der Waals surface area contributed by atoms with Crippen LogP contribution in [-0.2, 0) is 11.3 Å². The van der Waals surface area contributed by atoms with Gasteiger partial charge in [0.1, 0.15) is 5.75 Å². The molecule has 1 aromatic carbocycles. The van der Waals surface area contributed by atoms with Crippen LogP contribution in [0.3, 0.4) is 0 Å². The molecule has 0 amide bonds. The molecule has 16 heavy (non-hydrogen) atoms. The van der Waals surface area contributed by atoms with Crippen molar-refractivity contribution in [2.45, 2.75) is 26.5 Å². The van der Waals surface area contributed by atoms with Crippen LogP contribution in [-0.4, -0.2) is 17.2 Å². The first kappa shape index (κ1) is 12.5. The standard InChI is InChI=1S/C12H17NO3/c1-8(2)11(12(14)15)16-10-5-3-9(7-13)4-6-10/h3-6,8,11H,7,13H2,1-2H3,(H,14,15). The highest BCUT2D eigenvalue weighted by Crippen LogP contribution is 2.17. The molecule has 1 unspecified atom stereocenters. The van der Waals surface area contributed by atoms with E-state index in [0.29, 0.717) is 12.3 Å². The Hall–Kier alpha value is -1.55. The molecule has 0 saturated heterocycles. The van der Waals surface area contributed by atoms with Crippen LogP contribution in [0.1, 0.15) is 19.4 Å². The lowest BCUT2D eigenvalue weighted by atomic mass is 10.1. The van der Waals surface area contributed by atoms with Crippen LogP contribution in [0.4, 0.5) is 0 Å². The fourth-order valence-electron chi connectivity index (χ4n) is 1.32. The summed E-state index contributed by atoms with van der Waals surface area (Å²) in [5.74, 6) is -0.470. The van der Waals surface area contributed by atoms with Crippen LogP contribution in [0.2, 0.25) is 0 Å². The number of carboxylic acid groups (broad SMARTS) is 1. The molecule has 88 valence electrons. The molecule has 0 aliphatic rings. The summed E-state index contributed by atoms with van der Waals surface area (Å²) >= 11 is 0. The summed E-state index contributed by atoms with van der Waals surface area (Å²) in [6, 6.07) is 7.13. The van der Waals surface area contributed by atoms with Crippen LogP contribution >= 0.6 is 0 Å². The van der Waals surface area contributed by atoms with Gasteiger partial charge in [-0.15, -0.1) is 0 Å². The molecule has 4 nitrogen and oxygen atoms in total. The summed E-state index contributed by atoms with van der Waals surface area (Å²) in [4.78, 5) is 10.9. The molecule has 4 heteroatoms. The normalized spacial score (nSPS) is 12.5. The Morgan fingerprint density at radius 2 is 1.94 bits per heavy atom. The van der Waals surface area contributed by atoms with E-state index in [1.807, 2.05) is 26.0 Å². The molecule has 0 aliphatic carbocycles. The van der Waals surface area contributed by atoms with Gasteiger partial charge >= 0.3 is 5.97 Å². The Morgan fingerprint density at radius 3 is 2.31 bits per heavy atom. The van der Waals surface area contributed by atoms with Crippen molar-refractivity contribution in [1.82, 2.24) is 0 Å². The largest absolute Gasteiger partial charge is 0.478 e. The van der Waals surface area contributed by atoms with Gasteiger partial charge in [0.25, 0.3) is 0 Å². The third-order valence-electron chi connectivity index (χ3n) is 2.27.